The molecule has 0 N–H and O–H groups in total. The van der Waals surface area contributed by atoms with Gasteiger partial charge < -0.3 is 9.80 Å². The molecule has 0 bridgehead atoms. The molecule has 0 saturated carbocycles. The standard InChI is InChI=1S/C43H86N2/c1-4-7-10-13-15-17-19-21-23-25-27-29-31-34-37-40-45-42-41-44(39-36-33-12-9-6-3)43(45)38-35-32-30-28-26-24-22-20-18-16-14-11-8-5-2/h41-43H,4-40H2,1-3H3. The highest BCUT2D eigenvalue weighted by molar-refractivity contribution is 4.97. The van der Waals surface area contributed by atoms with Gasteiger partial charge >= 0.3 is 0 Å². The van der Waals surface area contributed by atoms with E-state index in [1.807, 2.05) is 0 Å². The molecule has 1 rings (SSSR count). The van der Waals surface area contributed by atoms with Crippen LogP contribution >= 0.6 is 0 Å². The molecule has 2 nitrogen and oxygen atoms in total. The molecule has 0 radical (unpaired) electrons. The Morgan fingerprint density at radius 3 is 0.778 bits per heavy atom. The van der Waals surface area contributed by atoms with Crippen molar-refractivity contribution in [1.82, 2.24) is 9.80 Å². The average molecular weight is 631 g/mol. The first-order chi connectivity index (χ1) is 22.3. The summed E-state index contributed by atoms with van der Waals surface area (Å²) in [5.41, 5.74) is 0. The van der Waals surface area contributed by atoms with Crippen molar-refractivity contribution in [3.8, 4) is 0 Å². The first-order valence-corrected chi connectivity index (χ1v) is 21.5. The van der Waals surface area contributed by atoms with Crippen molar-refractivity contribution in [2.75, 3.05) is 13.1 Å². The van der Waals surface area contributed by atoms with Gasteiger partial charge in [-0.15, -0.1) is 0 Å². The lowest BCUT2D eigenvalue weighted by molar-refractivity contribution is 0.135. The molecule has 0 aromatic carbocycles. The van der Waals surface area contributed by atoms with Crippen molar-refractivity contribution in [2.45, 2.75) is 252 Å². The van der Waals surface area contributed by atoms with Gasteiger partial charge in [0.05, 0.1) is 0 Å². The molecule has 0 fully saturated rings. The van der Waals surface area contributed by atoms with Crippen LogP contribution in [0.15, 0.2) is 12.4 Å². The van der Waals surface area contributed by atoms with E-state index in [-0.39, 0.29) is 0 Å². The summed E-state index contributed by atoms with van der Waals surface area (Å²) in [7, 11) is 0. The van der Waals surface area contributed by atoms with Crippen molar-refractivity contribution in [3.63, 3.8) is 0 Å². The van der Waals surface area contributed by atoms with Gasteiger partial charge in [-0.25, -0.2) is 0 Å². The molecule has 0 aromatic rings. The van der Waals surface area contributed by atoms with Gasteiger partial charge in [0.25, 0.3) is 0 Å². The van der Waals surface area contributed by atoms with E-state index in [9.17, 15) is 0 Å². The number of nitrogens with zero attached hydrogens (tertiary/aromatic N) is 2. The predicted molar refractivity (Wildman–Crippen MR) is 205 cm³/mol. The summed E-state index contributed by atoms with van der Waals surface area (Å²) in [5.74, 6) is 0. The molecule has 0 aromatic heterocycles. The largest absolute Gasteiger partial charge is 0.356 e. The number of hydrogen-bond acceptors (Lipinski definition) is 2. The summed E-state index contributed by atoms with van der Waals surface area (Å²) in [6.07, 6.45) is 55.9. The molecule has 1 atom stereocenters. The molecular weight excluding hydrogens is 544 g/mol. The predicted octanol–water partition coefficient (Wildman–Crippen LogP) is 15.1. The van der Waals surface area contributed by atoms with Crippen molar-refractivity contribution in [3.05, 3.63) is 12.4 Å². The lowest BCUT2D eigenvalue weighted by Gasteiger charge is -2.33. The first-order valence-electron chi connectivity index (χ1n) is 21.5. The highest BCUT2D eigenvalue weighted by Crippen LogP contribution is 2.24. The SMILES string of the molecule is CCCCCCCCCCCCCCCCCN1C=CN(CCCCCCC)C1CCCCCCCCCCCCCCCC. The van der Waals surface area contributed by atoms with Crippen LogP contribution in [0.4, 0.5) is 0 Å². The second-order valence-electron chi connectivity index (χ2n) is 15.0. The van der Waals surface area contributed by atoms with Gasteiger partial charge in [-0.2, -0.15) is 0 Å². The van der Waals surface area contributed by atoms with Crippen LogP contribution < -0.4 is 0 Å². The van der Waals surface area contributed by atoms with E-state index in [1.54, 1.807) is 0 Å². The molecular formula is C43H86N2. The summed E-state index contributed by atoms with van der Waals surface area (Å²) < 4.78 is 0. The Bertz CT molecular complexity index is 586. The highest BCUT2D eigenvalue weighted by Gasteiger charge is 2.24. The Morgan fingerprint density at radius 2 is 0.511 bits per heavy atom. The van der Waals surface area contributed by atoms with Gasteiger partial charge in [-0.3, -0.25) is 0 Å². The lowest BCUT2D eigenvalue weighted by atomic mass is 10.0. The molecule has 0 aliphatic carbocycles. The molecule has 1 unspecified atom stereocenters. The lowest BCUT2D eigenvalue weighted by Crippen LogP contribution is -2.39. The second kappa shape index (κ2) is 34.7. The maximum absolute atomic E-state index is 2.72. The zero-order valence-electron chi connectivity index (χ0n) is 31.8. The van der Waals surface area contributed by atoms with E-state index in [4.69, 9.17) is 0 Å². The molecule has 2 heteroatoms. The van der Waals surface area contributed by atoms with Gasteiger partial charge in [0.15, 0.2) is 0 Å². The van der Waals surface area contributed by atoms with Crippen LogP contribution in [0.1, 0.15) is 245 Å². The molecule has 45 heavy (non-hydrogen) atoms. The Labute approximate surface area is 286 Å². The Balaban J connectivity index is 2.12. The molecule has 268 valence electrons. The topological polar surface area (TPSA) is 6.48 Å². The van der Waals surface area contributed by atoms with Gasteiger partial charge in [0.2, 0.25) is 0 Å². The molecule has 1 aliphatic heterocycles. The third-order valence-corrected chi connectivity index (χ3v) is 10.6. The van der Waals surface area contributed by atoms with Crippen LogP contribution in [-0.2, 0) is 0 Å². The van der Waals surface area contributed by atoms with Gasteiger partial charge in [-0.1, -0.05) is 220 Å². The van der Waals surface area contributed by atoms with E-state index < -0.39 is 0 Å². The Morgan fingerprint density at radius 1 is 0.289 bits per heavy atom. The Kier molecular flexibility index (Phi) is 32.6. The maximum Gasteiger partial charge on any atom is 0.101 e. The first kappa shape index (κ1) is 42.4. The fraction of sp³-hybridized carbons (Fsp3) is 0.953. The average Bonchev–Trinajstić information content (AvgIpc) is 3.43. The van der Waals surface area contributed by atoms with E-state index >= 15 is 0 Å². The Hall–Kier alpha value is -0.660. The van der Waals surface area contributed by atoms with E-state index in [0.717, 1.165) is 0 Å². The third kappa shape index (κ3) is 27.0. The number of unbranched alkanes of at least 4 members (excludes halogenated alkanes) is 31. The molecule has 0 spiro atoms. The van der Waals surface area contributed by atoms with Crippen LogP contribution in [0.5, 0.6) is 0 Å². The van der Waals surface area contributed by atoms with Crippen molar-refractivity contribution in [1.29, 1.82) is 0 Å². The molecule has 1 aliphatic rings. The van der Waals surface area contributed by atoms with Crippen LogP contribution in [0, 0.1) is 0 Å². The minimum atomic E-state index is 0.639. The second-order valence-corrected chi connectivity index (χ2v) is 15.0. The van der Waals surface area contributed by atoms with E-state index in [1.165, 1.54) is 238 Å². The number of rotatable bonds is 37. The van der Waals surface area contributed by atoms with Crippen molar-refractivity contribution >= 4 is 0 Å². The normalized spacial score (nSPS) is 14.8. The third-order valence-electron chi connectivity index (χ3n) is 10.6. The van der Waals surface area contributed by atoms with Crippen LogP contribution in [0.3, 0.4) is 0 Å². The summed E-state index contributed by atoms with van der Waals surface area (Å²) in [4.78, 5) is 5.43. The van der Waals surface area contributed by atoms with Gasteiger partial charge in [0, 0.05) is 25.5 Å². The van der Waals surface area contributed by atoms with Crippen molar-refractivity contribution in [2.24, 2.45) is 0 Å². The highest BCUT2D eigenvalue weighted by atomic mass is 15.4. The fourth-order valence-corrected chi connectivity index (χ4v) is 7.42. The molecule has 1 heterocycles. The van der Waals surface area contributed by atoms with Crippen LogP contribution in [-0.4, -0.2) is 29.1 Å². The molecule has 0 amide bonds. The quantitative estimate of drug-likeness (QED) is 0.0630. The zero-order chi connectivity index (χ0) is 32.3. The summed E-state index contributed by atoms with van der Waals surface area (Å²) in [6, 6.07) is 0. The summed E-state index contributed by atoms with van der Waals surface area (Å²) in [5, 5.41) is 0. The van der Waals surface area contributed by atoms with E-state index in [2.05, 4.69) is 43.0 Å². The monoisotopic (exact) mass is 631 g/mol. The summed E-state index contributed by atoms with van der Waals surface area (Å²) in [6.45, 7) is 9.48. The fourth-order valence-electron chi connectivity index (χ4n) is 7.42. The van der Waals surface area contributed by atoms with Gasteiger partial charge in [0.1, 0.15) is 6.17 Å². The summed E-state index contributed by atoms with van der Waals surface area (Å²) >= 11 is 0. The van der Waals surface area contributed by atoms with Crippen molar-refractivity contribution < 1.29 is 0 Å². The van der Waals surface area contributed by atoms with Gasteiger partial charge in [-0.05, 0) is 25.7 Å². The number of hydrogen-bond donors (Lipinski definition) is 0. The molecule has 0 saturated heterocycles. The van der Waals surface area contributed by atoms with Crippen LogP contribution in [0.25, 0.3) is 0 Å². The zero-order valence-corrected chi connectivity index (χ0v) is 31.8. The smallest absolute Gasteiger partial charge is 0.101 e. The van der Waals surface area contributed by atoms with Crippen LogP contribution in [0.2, 0.25) is 0 Å². The minimum absolute atomic E-state index is 0.639. The maximum atomic E-state index is 2.72. The van der Waals surface area contributed by atoms with E-state index in [0.29, 0.717) is 6.17 Å². The minimum Gasteiger partial charge on any atom is -0.356 e.